The number of hydrogen-bond donors (Lipinski definition) is 2. The van der Waals surface area contributed by atoms with Crippen LogP contribution in [0.1, 0.15) is 15.9 Å². The summed E-state index contributed by atoms with van der Waals surface area (Å²) < 4.78 is 13.8. The average Bonchev–Trinajstić information content (AvgIpc) is 3.33. The van der Waals surface area contributed by atoms with Gasteiger partial charge in [0.1, 0.15) is 11.5 Å². The van der Waals surface area contributed by atoms with E-state index in [1.165, 1.54) is 35.6 Å². The number of nitrogens with one attached hydrogen (secondary N) is 2. The molecular weight excluding hydrogens is 419 g/mol. The molecule has 0 aliphatic rings. The summed E-state index contributed by atoms with van der Waals surface area (Å²) in [7, 11) is 0. The monoisotopic (exact) mass is 430 g/mol. The molecule has 2 aromatic heterocycles. The van der Waals surface area contributed by atoms with Gasteiger partial charge in [0, 0.05) is 40.0 Å². The van der Waals surface area contributed by atoms with Crippen LogP contribution in [0.5, 0.6) is 0 Å². The number of rotatable bonds is 5. The van der Waals surface area contributed by atoms with Gasteiger partial charge in [0.25, 0.3) is 11.6 Å². The quantitative estimate of drug-likeness (QED) is 0.346. The van der Waals surface area contributed by atoms with Gasteiger partial charge in [-0.25, -0.2) is 4.39 Å². The maximum Gasteiger partial charge on any atom is 0.271 e. The molecule has 4 aromatic rings. The molecule has 0 fully saturated rings. The summed E-state index contributed by atoms with van der Waals surface area (Å²) in [6, 6.07) is 10.4. The predicted molar refractivity (Wildman–Crippen MR) is 109 cm³/mol. The van der Waals surface area contributed by atoms with Crippen molar-refractivity contribution in [1.82, 2.24) is 15.5 Å². The maximum absolute atomic E-state index is 13.8. The molecular formula is C19H12ClFN4O3S. The topological polar surface area (TPSA) is 101 Å². The largest absolute Gasteiger partial charge is 0.348 e. The Balaban J connectivity index is 1.54. The number of thiophene rings is 1. The van der Waals surface area contributed by atoms with E-state index in [1.807, 2.05) is 0 Å². The Morgan fingerprint density at radius 3 is 2.90 bits per heavy atom. The van der Waals surface area contributed by atoms with E-state index in [4.69, 9.17) is 11.6 Å². The van der Waals surface area contributed by atoms with Gasteiger partial charge in [-0.2, -0.15) is 5.10 Å². The molecule has 29 heavy (non-hydrogen) atoms. The normalized spacial score (nSPS) is 11.0. The first kappa shape index (κ1) is 19.0. The van der Waals surface area contributed by atoms with Gasteiger partial charge in [0.05, 0.1) is 20.9 Å². The van der Waals surface area contributed by atoms with Crippen molar-refractivity contribution >= 4 is 45.4 Å². The van der Waals surface area contributed by atoms with Gasteiger partial charge in [-0.05, 0) is 24.3 Å². The maximum atomic E-state index is 13.8. The van der Waals surface area contributed by atoms with Crippen molar-refractivity contribution < 1.29 is 14.1 Å². The van der Waals surface area contributed by atoms with E-state index < -0.39 is 10.7 Å². The Bertz CT molecular complexity index is 1230. The number of amides is 1. The molecule has 2 heterocycles. The van der Waals surface area contributed by atoms with Crippen molar-refractivity contribution in [2.75, 3.05) is 0 Å². The summed E-state index contributed by atoms with van der Waals surface area (Å²) in [6.45, 7) is -0.0372. The third-order valence-electron chi connectivity index (χ3n) is 4.34. The minimum Gasteiger partial charge on any atom is -0.348 e. The molecule has 2 N–H and O–H groups in total. The number of carbonyl (C=O) groups is 1. The van der Waals surface area contributed by atoms with Crippen molar-refractivity contribution in [2.24, 2.45) is 0 Å². The van der Waals surface area contributed by atoms with Gasteiger partial charge >= 0.3 is 0 Å². The third kappa shape index (κ3) is 3.69. The van der Waals surface area contributed by atoms with Crippen LogP contribution in [0.2, 0.25) is 5.02 Å². The fourth-order valence-corrected chi connectivity index (χ4v) is 3.98. The standard InChI is InChI=1S/C19H12ClFN4O3S/c20-14-2-1-3-15(21)13(14)8-22-19(26)10-6-17(29-9-10)18-12-5-4-11(25(27)28)7-16(12)23-24-18/h1-7,9H,8H2,(H,22,26)(H,23,24). The highest BCUT2D eigenvalue weighted by atomic mass is 35.5. The number of benzene rings is 2. The first-order valence-electron chi connectivity index (χ1n) is 8.36. The van der Waals surface area contributed by atoms with E-state index in [0.29, 0.717) is 22.2 Å². The number of hydrogen-bond acceptors (Lipinski definition) is 5. The summed E-state index contributed by atoms with van der Waals surface area (Å²) in [5.74, 6) is -0.858. The lowest BCUT2D eigenvalue weighted by Gasteiger charge is -2.07. The first-order valence-corrected chi connectivity index (χ1v) is 9.62. The van der Waals surface area contributed by atoms with E-state index in [1.54, 1.807) is 23.6 Å². The molecule has 0 unspecified atom stereocenters. The predicted octanol–water partition coefficient (Wildman–Crippen LogP) is 4.92. The Kier molecular flexibility index (Phi) is 4.99. The number of non-ortho nitro benzene ring substituents is 1. The van der Waals surface area contributed by atoms with Crippen LogP contribution in [0.15, 0.2) is 47.8 Å². The number of aromatic amines is 1. The smallest absolute Gasteiger partial charge is 0.271 e. The van der Waals surface area contributed by atoms with E-state index in [2.05, 4.69) is 15.5 Å². The summed E-state index contributed by atoms with van der Waals surface area (Å²) in [5, 5.41) is 23.2. The average molecular weight is 431 g/mol. The summed E-state index contributed by atoms with van der Waals surface area (Å²) >= 11 is 7.29. The number of nitro benzene ring substituents is 1. The van der Waals surface area contributed by atoms with Crippen LogP contribution in [0.4, 0.5) is 10.1 Å². The van der Waals surface area contributed by atoms with E-state index >= 15 is 0 Å². The minimum atomic E-state index is -0.485. The zero-order valence-electron chi connectivity index (χ0n) is 14.6. The van der Waals surface area contributed by atoms with Crippen LogP contribution in [-0.2, 0) is 6.54 Å². The van der Waals surface area contributed by atoms with Crippen molar-refractivity contribution in [3.63, 3.8) is 0 Å². The molecule has 0 radical (unpaired) electrons. The first-order chi connectivity index (χ1) is 13.9. The molecule has 0 aliphatic carbocycles. The molecule has 0 atom stereocenters. The van der Waals surface area contributed by atoms with Gasteiger partial charge in [-0.1, -0.05) is 17.7 Å². The molecule has 146 valence electrons. The van der Waals surface area contributed by atoms with E-state index in [0.717, 1.165) is 4.88 Å². The Morgan fingerprint density at radius 2 is 2.14 bits per heavy atom. The number of aromatic nitrogens is 2. The molecule has 10 heteroatoms. The lowest BCUT2D eigenvalue weighted by molar-refractivity contribution is -0.384. The summed E-state index contributed by atoms with van der Waals surface area (Å²) in [6.07, 6.45) is 0. The molecule has 1 amide bonds. The molecule has 0 bridgehead atoms. The highest BCUT2D eigenvalue weighted by molar-refractivity contribution is 7.14. The number of nitro groups is 1. The van der Waals surface area contributed by atoms with E-state index in [-0.39, 0.29) is 28.7 Å². The van der Waals surface area contributed by atoms with E-state index in [9.17, 15) is 19.3 Å². The van der Waals surface area contributed by atoms with Gasteiger partial charge in [-0.15, -0.1) is 11.3 Å². The van der Waals surface area contributed by atoms with Crippen LogP contribution < -0.4 is 5.32 Å². The molecule has 4 rings (SSSR count). The second-order valence-corrected chi connectivity index (χ2v) is 7.46. The lowest BCUT2D eigenvalue weighted by Crippen LogP contribution is -2.23. The minimum absolute atomic E-state index is 0.0363. The molecule has 2 aromatic carbocycles. The van der Waals surface area contributed by atoms with Crippen LogP contribution in [0, 0.1) is 15.9 Å². The third-order valence-corrected chi connectivity index (χ3v) is 5.63. The second-order valence-electron chi connectivity index (χ2n) is 6.14. The van der Waals surface area contributed by atoms with Gasteiger partial charge < -0.3 is 5.32 Å². The summed E-state index contributed by atoms with van der Waals surface area (Å²) in [5.41, 5.74) is 1.71. The highest BCUT2D eigenvalue weighted by Crippen LogP contribution is 2.32. The zero-order valence-corrected chi connectivity index (χ0v) is 16.2. The lowest BCUT2D eigenvalue weighted by atomic mass is 10.1. The Hall–Kier alpha value is -3.30. The molecule has 0 aliphatic heterocycles. The fraction of sp³-hybridized carbons (Fsp3) is 0.0526. The van der Waals surface area contributed by atoms with Crippen LogP contribution in [0.3, 0.4) is 0 Å². The number of H-pyrrole nitrogens is 1. The molecule has 0 saturated carbocycles. The zero-order chi connectivity index (χ0) is 20.5. The molecule has 0 saturated heterocycles. The van der Waals surface area contributed by atoms with Crippen molar-refractivity contribution in [1.29, 1.82) is 0 Å². The SMILES string of the molecule is O=C(NCc1c(F)cccc1Cl)c1csc(-c2n[nH]c3cc([N+](=O)[O-])ccc23)c1. The van der Waals surface area contributed by atoms with Crippen LogP contribution in [0.25, 0.3) is 21.5 Å². The number of halogens is 2. The van der Waals surface area contributed by atoms with Crippen LogP contribution >= 0.6 is 22.9 Å². The van der Waals surface area contributed by atoms with Crippen molar-refractivity contribution in [3.05, 3.63) is 79.9 Å². The van der Waals surface area contributed by atoms with Crippen molar-refractivity contribution in [2.45, 2.75) is 6.54 Å². The highest BCUT2D eigenvalue weighted by Gasteiger charge is 2.17. The van der Waals surface area contributed by atoms with Crippen LogP contribution in [-0.4, -0.2) is 21.0 Å². The number of nitrogens with zero attached hydrogens (tertiary/aromatic N) is 2. The van der Waals surface area contributed by atoms with Gasteiger partial charge in [-0.3, -0.25) is 20.0 Å². The van der Waals surface area contributed by atoms with Crippen molar-refractivity contribution in [3.8, 4) is 10.6 Å². The fourth-order valence-electron chi connectivity index (χ4n) is 2.86. The Morgan fingerprint density at radius 1 is 1.31 bits per heavy atom. The van der Waals surface area contributed by atoms with Gasteiger partial charge in [0.15, 0.2) is 0 Å². The van der Waals surface area contributed by atoms with Gasteiger partial charge in [0.2, 0.25) is 0 Å². The number of fused-ring (bicyclic) bond motifs is 1. The number of carbonyl (C=O) groups excluding carboxylic acids is 1. The summed E-state index contributed by atoms with van der Waals surface area (Å²) in [4.78, 5) is 23.6. The molecule has 7 nitrogen and oxygen atoms in total. The second kappa shape index (κ2) is 7.61. The molecule has 0 spiro atoms. The Labute approximate surface area is 172 Å².